The number of hydrogen-bond donors (Lipinski definition) is 0. The van der Waals surface area contributed by atoms with Gasteiger partial charge in [-0.25, -0.2) is 4.79 Å². The zero-order valence-electron chi connectivity index (χ0n) is 13.9. The summed E-state index contributed by atoms with van der Waals surface area (Å²) >= 11 is 0. The third kappa shape index (κ3) is 3.88. The summed E-state index contributed by atoms with van der Waals surface area (Å²) in [6, 6.07) is 13.9. The van der Waals surface area contributed by atoms with Crippen molar-refractivity contribution in [1.82, 2.24) is 0 Å². The van der Waals surface area contributed by atoms with Crippen molar-refractivity contribution in [2.24, 2.45) is 0 Å². The average molecular weight is 338 g/mol. The van der Waals surface area contributed by atoms with Crippen molar-refractivity contribution in [3.63, 3.8) is 0 Å². The van der Waals surface area contributed by atoms with E-state index in [1.54, 1.807) is 12.1 Å². The number of ether oxygens (including phenoxy) is 2. The number of carbonyl (C=O) groups is 1. The molecule has 25 heavy (non-hydrogen) atoms. The van der Waals surface area contributed by atoms with Gasteiger partial charge in [0.1, 0.15) is 17.6 Å². The molecule has 0 amide bonds. The Labute approximate surface area is 144 Å². The van der Waals surface area contributed by atoms with Crippen molar-refractivity contribution >= 4 is 17.1 Å². The third-order valence-corrected chi connectivity index (χ3v) is 3.75. The van der Waals surface area contributed by atoms with Crippen LogP contribution in [-0.4, -0.2) is 12.8 Å². The predicted molar refractivity (Wildman–Crippen MR) is 94.8 cm³/mol. The van der Waals surface area contributed by atoms with E-state index in [9.17, 15) is 9.59 Å². The minimum Gasteiger partial charge on any atom is -0.463 e. The Hall–Kier alpha value is -3.08. The third-order valence-electron chi connectivity index (χ3n) is 3.75. The van der Waals surface area contributed by atoms with Crippen molar-refractivity contribution in [3.8, 4) is 16.9 Å². The molecule has 0 spiro atoms. The summed E-state index contributed by atoms with van der Waals surface area (Å²) in [5.41, 5.74) is 1.49. The topological polar surface area (TPSA) is 65.7 Å². The van der Waals surface area contributed by atoms with Crippen molar-refractivity contribution < 1.29 is 18.7 Å². The van der Waals surface area contributed by atoms with E-state index < -0.39 is 6.16 Å². The van der Waals surface area contributed by atoms with Crippen LogP contribution in [0.4, 0.5) is 4.79 Å². The predicted octanol–water partition coefficient (Wildman–Crippen LogP) is 4.78. The van der Waals surface area contributed by atoms with Gasteiger partial charge in [0.15, 0.2) is 5.43 Å². The Bertz CT molecular complexity index is 928. The highest BCUT2D eigenvalue weighted by molar-refractivity contribution is 5.83. The number of hydrogen-bond acceptors (Lipinski definition) is 5. The lowest BCUT2D eigenvalue weighted by atomic mass is 10.1. The molecule has 0 aliphatic rings. The molecule has 0 N–H and O–H groups in total. The Morgan fingerprint density at radius 2 is 1.92 bits per heavy atom. The summed E-state index contributed by atoms with van der Waals surface area (Å²) in [5, 5.41) is 0.424. The minimum absolute atomic E-state index is 0.135. The first-order chi connectivity index (χ1) is 12.2. The van der Waals surface area contributed by atoms with E-state index in [-0.39, 0.29) is 11.2 Å². The van der Waals surface area contributed by atoms with Gasteiger partial charge >= 0.3 is 6.16 Å². The molecular formula is C20H18O5. The Morgan fingerprint density at radius 1 is 1.12 bits per heavy atom. The highest BCUT2D eigenvalue weighted by Gasteiger charge is 2.12. The van der Waals surface area contributed by atoms with E-state index >= 15 is 0 Å². The summed E-state index contributed by atoms with van der Waals surface area (Å²) in [4.78, 5) is 24.2. The van der Waals surface area contributed by atoms with Crippen LogP contribution >= 0.6 is 0 Å². The second kappa shape index (κ2) is 7.66. The average Bonchev–Trinajstić information content (AvgIpc) is 2.63. The molecule has 0 aliphatic carbocycles. The molecule has 0 saturated carbocycles. The van der Waals surface area contributed by atoms with E-state index in [4.69, 9.17) is 13.9 Å². The van der Waals surface area contributed by atoms with Crippen LogP contribution in [0.25, 0.3) is 22.1 Å². The standard InChI is InChI=1S/C20H18O5/c1-2-3-11-23-20(22)25-15-9-10-16-18(12-15)24-13-17(19(16)21)14-7-5-4-6-8-14/h4-10,12-13H,2-3,11H2,1H3. The molecule has 3 rings (SSSR count). The Balaban J connectivity index is 1.85. The maximum atomic E-state index is 12.6. The van der Waals surface area contributed by atoms with E-state index in [1.807, 2.05) is 37.3 Å². The molecule has 1 heterocycles. The maximum Gasteiger partial charge on any atom is 0.513 e. The number of carbonyl (C=O) groups excluding carboxylic acids is 1. The molecule has 0 atom stereocenters. The van der Waals surface area contributed by atoms with Gasteiger partial charge in [0.05, 0.1) is 17.6 Å². The Morgan fingerprint density at radius 3 is 2.68 bits per heavy atom. The second-order valence-electron chi connectivity index (χ2n) is 5.56. The molecule has 5 nitrogen and oxygen atoms in total. The number of fused-ring (bicyclic) bond motifs is 1. The van der Waals surface area contributed by atoms with Crippen LogP contribution in [-0.2, 0) is 4.74 Å². The fraction of sp³-hybridized carbons (Fsp3) is 0.200. The first kappa shape index (κ1) is 16.8. The van der Waals surface area contributed by atoms with Crippen molar-refractivity contribution in [3.05, 3.63) is 65.0 Å². The Kier molecular flexibility index (Phi) is 5.14. The second-order valence-corrected chi connectivity index (χ2v) is 5.56. The zero-order chi connectivity index (χ0) is 17.6. The summed E-state index contributed by atoms with van der Waals surface area (Å²) in [5.74, 6) is 0.268. The molecule has 2 aromatic carbocycles. The van der Waals surface area contributed by atoms with Crippen LogP contribution in [0.2, 0.25) is 0 Å². The fourth-order valence-electron chi connectivity index (χ4n) is 2.41. The molecule has 5 heteroatoms. The molecule has 0 bridgehead atoms. The van der Waals surface area contributed by atoms with Crippen molar-refractivity contribution in [1.29, 1.82) is 0 Å². The SMILES string of the molecule is CCCCOC(=O)Oc1ccc2c(=O)c(-c3ccccc3)coc2c1. The molecule has 1 aromatic heterocycles. The first-order valence-electron chi connectivity index (χ1n) is 8.14. The molecule has 0 fully saturated rings. The van der Waals surface area contributed by atoms with E-state index in [0.717, 1.165) is 18.4 Å². The van der Waals surface area contributed by atoms with Gasteiger partial charge in [-0.2, -0.15) is 0 Å². The highest BCUT2D eigenvalue weighted by atomic mass is 16.7. The molecule has 0 unspecified atom stereocenters. The van der Waals surface area contributed by atoms with Crippen molar-refractivity contribution in [2.75, 3.05) is 6.61 Å². The smallest absolute Gasteiger partial charge is 0.463 e. The largest absolute Gasteiger partial charge is 0.513 e. The lowest BCUT2D eigenvalue weighted by Crippen LogP contribution is -2.11. The molecule has 128 valence electrons. The summed E-state index contributed by atoms with van der Waals surface area (Å²) in [6.07, 6.45) is 2.36. The van der Waals surface area contributed by atoms with Crippen molar-refractivity contribution in [2.45, 2.75) is 19.8 Å². The lowest BCUT2D eigenvalue weighted by Gasteiger charge is -2.07. The van der Waals surface area contributed by atoms with Crippen LogP contribution in [0.15, 0.2) is 64.0 Å². The maximum absolute atomic E-state index is 12.6. The number of unbranched alkanes of at least 4 members (excludes halogenated alkanes) is 1. The van der Waals surface area contributed by atoms with Gasteiger partial charge in [0, 0.05) is 6.07 Å². The van der Waals surface area contributed by atoms with E-state index in [1.165, 1.54) is 12.3 Å². The molecule has 0 saturated heterocycles. The summed E-state index contributed by atoms with van der Waals surface area (Å²) in [6.45, 7) is 2.32. The van der Waals surface area contributed by atoms with Gasteiger partial charge < -0.3 is 13.9 Å². The van der Waals surface area contributed by atoms with Gasteiger partial charge in [-0.05, 0) is 24.1 Å². The molecule has 3 aromatic rings. The summed E-state index contributed by atoms with van der Waals surface area (Å²) < 4.78 is 15.6. The lowest BCUT2D eigenvalue weighted by molar-refractivity contribution is 0.0979. The van der Waals surface area contributed by atoms with Crippen LogP contribution < -0.4 is 10.2 Å². The first-order valence-corrected chi connectivity index (χ1v) is 8.14. The quantitative estimate of drug-likeness (QED) is 0.381. The summed E-state index contributed by atoms with van der Waals surface area (Å²) in [7, 11) is 0. The van der Waals surface area contributed by atoms with Gasteiger partial charge in [0.25, 0.3) is 0 Å². The van der Waals surface area contributed by atoms with Crippen LogP contribution in [0, 0.1) is 0 Å². The van der Waals surface area contributed by atoms with Gasteiger partial charge in [0.2, 0.25) is 0 Å². The van der Waals surface area contributed by atoms with Crippen LogP contribution in [0.5, 0.6) is 5.75 Å². The minimum atomic E-state index is -0.768. The molecular weight excluding hydrogens is 320 g/mol. The van der Waals surface area contributed by atoms with Gasteiger partial charge in [-0.15, -0.1) is 0 Å². The normalized spacial score (nSPS) is 10.6. The van der Waals surface area contributed by atoms with Crippen LogP contribution in [0.1, 0.15) is 19.8 Å². The van der Waals surface area contributed by atoms with Gasteiger partial charge in [-0.1, -0.05) is 43.7 Å². The number of benzene rings is 2. The van der Waals surface area contributed by atoms with E-state index in [0.29, 0.717) is 23.1 Å². The number of rotatable bonds is 5. The monoisotopic (exact) mass is 338 g/mol. The fourth-order valence-corrected chi connectivity index (χ4v) is 2.41. The van der Waals surface area contributed by atoms with Crippen LogP contribution in [0.3, 0.4) is 0 Å². The van der Waals surface area contributed by atoms with E-state index in [2.05, 4.69) is 0 Å². The molecule has 0 aliphatic heterocycles. The molecule has 0 radical (unpaired) electrons. The highest BCUT2D eigenvalue weighted by Crippen LogP contribution is 2.23. The van der Waals surface area contributed by atoms with Gasteiger partial charge in [-0.3, -0.25) is 4.79 Å². The zero-order valence-corrected chi connectivity index (χ0v) is 13.9.